The third-order valence-electron chi connectivity index (χ3n) is 2.94. The van der Waals surface area contributed by atoms with Gasteiger partial charge in [-0.3, -0.25) is 9.59 Å². The highest BCUT2D eigenvalue weighted by atomic mass is 32.2. The van der Waals surface area contributed by atoms with Gasteiger partial charge in [-0.05, 0) is 37.1 Å². The van der Waals surface area contributed by atoms with Crippen molar-refractivity contribution in [2.75, 3.05) is 12.4 Å². The van der Waals surface area contributed by atoms with Gasteiger partial charge in [0.1, 0.15) is 6.61 Å². The minimum Gasteiger partial charge on any atom is -0.481 e. The fraction of sp³-hybridized carbons (Fsp3) is 0.467. The topological polar surface area (TPSA) is 63.6 Å². The zero-order valence-electron chi connectivity index (χ0n) is 12.0. The van der Waals surface area contributed by atoms with Crippen LogP contribution in [0.25, 0.3) is 0 Å². The molecule has 5 heteroatoms. The molecule has 0 saturated heterocycles. The number of rotatable bonds is 7. The van der Waals surface area contributed by atoms with E-state index >= 15 is 0 Å². The number of hydrogen-bond donors (Lipinski definition) is 1. The van der Waals surface area contributed by atoms with Crippen molar-refractivity contribution in [3.63, 3.8) is 0 Å². The Labute approximate surface area is 123 Å². The van der Waals surface area contributed by atoms with E-state index < -0.39 is 5.97 Å². The Balaban J connectivity index is 2.38. The van der Waals surface area contributed by atoms with Crippen LogP contribution in [0.3, 0.4) is 0 Å². The third-order valence-corrected chi connectivity index (χ3v) is 4.19. The van der Waals surface area contributed by atoms with Crippen molar-refractivity contribution >= 4 is 23.7 Å². The van der Waals surface area contributed by atoms with Gasteiger partial charge in [0.25, 0.3) is 0 Å². The minimum absolute atomic E-state index is 0.0627. The Morgan fingerprint density at radius 3 is 2.60 bits per heavy atom. The van der Waals surface area contributed by atoms with Crippen LogP contribution >= 0.6 is 11.8 Å². The lowest BCUT2D eigenvalue weighted by atomic mass is 10.1. The summed E-state index contributed by atoms with van der Waals surface area (Å²) in [7, 11) is 0. The van der Waals surface area contributed by atoms with E-state index in [1.807, 2.05) is 6.07 Å². The second-order valence-electron chi connectivity index (χ2n) is 4.77. The van der Waals surface area contributed by atoms with Gasteiger partial charge in [0, 0.05) is 10.6 Å². The molecular weight excluding hydrogens is 276 g/mol. The van der Waals surface area contributed by atoms with Crippen LogP contribution in [-0.2, 0) is 14.3 Å². The Hall–Kier alpha value is -1.49. The van der Waals surface area contributed by atoms with Crippen molar-refractivity contribution < 1.29 is 19.4 Å². The summed E-state index contributed by atoms with van der Waals surface area (Å²) in [5, 5.41) is 8.47. The van der Waals surface area contributed by atoms with Crippen LogP contribution in [0.2, 0.25) is 0 Å². The maximum absolute atomic E-state index is 11.6. The monoisotopic (exact) mass is 296 g/mol. The highest BCUT2D eigenvalue weighted by Crippen LogP contribution is 2.23. The molecule has 0 amide bonds. The number of aliphatic carboxylic acids is 1. The van der Waals surface area contributed by atoms with Crippen LogP contribution < -0.4 is 0 Å². The smallest absolute Gasteiger partial charge is 0.309 e. The van der Waals surface area contributed by atoms with Gasteiger partial charge in [0.05, 0.1) is 12.3 Å². The van der Waals surface area contributed by atoms with Gasteiger partial charge < -0.3 is 9.84 Å². The van der Waals surface area contributed by atoms with Crippen molar-refractivity contribution in [3.05, 3.63) is 29.3 Å². The number of carbonyl (C=O) groups excluding carboxylic acids is 1. The molecule has 0 heterocycles. The Kier molecular flexibility index (Phi) is 6.58. The fourth-order valence-corrected chi connectivity index (χ4v) is 2.48. The van der Waals surface area contributed by atoms with Crippen molar-refractivity contribution in [1.82, 2.24) is 0 Å². The molecule has 4 nitrogen and oxygen atoms in total. The normalized spacial score (nSPS) is 11.9. The van der Waals surface area contributed by atoms with Crippen LogP contribution in [0.1, 0.15) is 24.5 Å². The quantitative estimate of drug-likeness (QED) is 0.619. The van der Waals surface area contributed by atoms with E-state index in [1.165, 1.54) is 11.1 Å². The van der Waals surface area contributed by atoms with Crippen molar-refractivity contribution in [1.29, 1.82) is 0 Å². The highest BCUT2D eigenvalue weighted by molar-refractivity contribution is 7.99. The zero-order valence-corrected chi connectivity index (χ0v) is 12.8. The van der Waals surface area contributed by atoms with Gasteiger partial charge in [-0.2, -0.15) is 0 Å². The van der Waals surface area contributed by atoms with Crippen LogP contribution in [0, 0.1) is 19.8 Å². The molecule has 0 aliphatic heterocycles. The van der Waals surface area contributed by atoms with Crippen molar-refractivity contribution in [3.8, 4) is 0 Å². The second kappa shape index (κ2) is 7.94. The molecule has 0 aliphatic carbocycles. The molecule has 20 heavy (non-hydrogen) atoms. The van der Waals surface area contributed by atoms with Gasteiger partial charge in [0.2, 0.25) is 0 Å². The number of ether oxygens (including phenoxy) is 1. The van der Waals surface area contributed by atoms with E-state index in [9.17, 15) is 9.59 Å². The number of benzene rings is 1. The van der Waals surface area contributed by atoms with Gasteiger partial charge in [-0.15, -0.1) is 11.8 Å². The molecule has 1 N–H and O–H groups in total. The molecular formula is C15H20O4S. The summed E-state index contributed by atoms with van der Waals surface area (Å²) in [4.78, 5) is 23.1. The van der Waals surface area contributed by atoms with E-state index in [-0.39, 0.29) is 24.9 Å². The lowest BCUT2D eigenvalue weighted by Gasteiger charge is -2.11. The summed E-state index contributed by atoms with van der Waals surface area (Å²) >= 11 is 1.60. The van der Waals surface area contributed by atoms with Gasteiger partial charge in [-0.25, -0.2) is 0 Å². The largest absolute Gasteiger partial charge is 0.481 e. The Bertz CT molecular complexity index is 485. The number of carboxylic acids is 1. The molecule has 0 fully saturated rings. The summed E-state index contributed by atoms with van der Waals surface area (Å²) in [6, 6.07) is 6.20. The maximum Gasteiger partial charge on any atom is 0.309 e. The third kappa shape index (κ3) is 5.65. The number of thioether (sulfide) groups is 1. The van der Waals surface area contributed by atoms with Crippen LogP contribution in [0.15, 0.2) is 23.1 Å². The lowest BCUT2D eigenvalue weighted by Crippen LogP contribution is -2.18. The van der Waals surface area contributed by atoms with Gasteiger partial charge in [0.15, 0.2) is 0 Å². The van der Waals surface area contributed by atoms with E-state index in [4.69, 9.17) is 9.84 Å². The van der Waals surface area contributed by atoms with Gasteiger partial charge in [-0.1, -0.05) is 13.0 Å². The van der Waals surface area contributed by atoms with Crippen LogP contribution in [0.5, 0.6) is 0 Å². The minimum atomic E-state index is -0.963. The number of carboxylic acid groups (broad SMARTS) is 1. The molecule has 1 rings (SSSR count). The lowest BCUT2D eigenvalue weighted by molar-refractivity contribution is -0.149. The SMILES string of the molecule is Cc1ccc(SCC(C)C(=O)OCCC(=O)O)cc1C. The first-order valence-corrected chi connectivity index (χ1v) is 7.47. The molecule has 1 atom stereocenters. The molecule has 1 aromatic carbocycles. The van der Waals surface area contributed by atoms with Gasteiger partial charge >= 0.3 is 11.9 Å². The Morgan fingerprint density at radius 2 is 2.00 bits per heavy atom. The van der Waals surface area contributed by atoms with Crippen molar-refractivity contribution in [2.24, 2.45) is 5.92 Å². The predicted molar refractivity (Wildman–Crippen MR) is 79.0 cm³/mol. The molecule has 0 saturated carbocycles. The number of esters is 1. The molecule has 0 aromatic heterocycles. The zero-order chi connectivity index (χ0) is 15.1. The average molecular weight is 296 g/mol. The first-order valence-electron chi connectivity index (χ1n) is 6.48. The Morgan fingerprint density at radius 1 is 1.30 bits per heavy atom. The average Bonchev–Trinajstić information content (AvgIpc) is 2.39. The van der Waals surface area contributed by atoms with E-state index in [1.54, 1.807) is 18.7 Å². The summed E-state index contributed by atoms with van der Waals surface area (Å²) in [6.45, 7) is 5.85. The number of carbonyl (C=O) groups is 2. The van der Waals surface area contributed by atoms with Crippen molar-refractivity contribution in [2.45, 2.75) is 32.1 Å². The fourth-order valence-electron chi connectivity index (χ4n) is 1.47. The molecule has 0 radical (unpaired) electrons. The molecule has 110 valence electrons. The summed E-state index contributed by atoms with van der Waals surface area (Å²) < 4.78 is 4.91. The number of hydrogen-bond acceptors (Lipinski definition) is 4. The van der Waals surface area contributed by atoms with Crippen LogP contribution in [0.4, 0.5) is 0 Å². The summed E-state index contributed by atoms with van der Waals surface area (Å²) in [5.41, 5.74) is 2.47. The first-order chi connectivity index (χ1) is 9.40. The highest BCUT2D eigenvalue weighted by Gasteiger charge is 2.15. The standard InChI is InChI=1S/C15H20O4S/c1-10-4-5-13(8-11(10)2)20-9-12(3)15(18)19-7-6-14(16)17/h4-5,8,12H,6-7,9H2,1-3H3,(H,16,17). The molecule has 0 aliphatic rings. The van der Waals surface area contributed by atoms with Crippen LogP contribution in [-0.4, -0.2) is 29.4 Å². The predicted octanol–water partition coefficient (Wildman–Crippen LogP) is 3.05. The molecule has 1 aromatic rings. The van der Waals surface area contributed by atoms with E-state index in [0.29, 0.717) is 5.75 Å². The second-order valence-corrected chi connectivity index (χ2v) is 5.86. The summed E-state index contributed by atoms with van der Waals surface area (Å²) in [5.74, 6) is -0.943. The summed E-state index contributed by atoms with van der Waals surface area (Å²) in [6.07, 6.45) is -0.150. The van der Waals surface area contributed by atoms with E-state index in [0.717, 1.165) is 4.90 Å². The molecule has 0 bridgehead atoms. The van der Waals surface area contributed by atoms with E-state index in [2.05, 4.69) is 26.0 Å². The molecule has 1 unspecified atom stereocenters. The first kappa shape index (κ1) is 16.6. The number of aryl methyl sites for hydroxylation is 2. The maximum atomic E-state index is 11.6. The molecule has 0 spiro atoms.